The summed E-state index contributed by atoms with van der Waals surface area (Å²) in [5.74, 6) is 5.92. The SMILES string of the molecule is [C-]#[N+]c1ccc(C#CC(C)NC(=O)OC(C)(C)C)cc1C. The van der Waals surface area contributed by atoms with E-state index in [0.717, 1.165) is 11.1 Å². The van der Waals surface area contributed by atoms with Crippen molar-refractivity contribution >= 4 is 11.8 Å². The molecule has 0 saturated carbocycles. The maximum Gasteiger partial charge on any atom is 0.408 e. The first-order valence-electron chi connectivity index (χ1n) is 6.70. The molecule has 0 radical (unpaired) electrons. The molecule has 0 spiro atoms. The van der Waals surface area contributed by atoms with Gasteiger partial charge in [-0.05, 0) is 40.2 Å². The maximum absolute atomic E-state index is 11.6. The molecule has 4 nitrogen and oxygen atoms in total. The number of alkyl carbamates (subject to hydrolysis) is 1. The van der Waals surface area contributed by atoms with Crippen LogP contribution in [0.2, 0.25) is 0 Å². The van der Waals surface area contributed by atoms with Crippen molar-refractivity contribution in [1.82, 2.24) is 5.32 Å². The minimum Gasteiger partial charge on any atom is -0.444 e. The van der Waals surface area contributed by atoms with Crippen molar-refractivity contribution in [1.29, 1.82) is 0 Å². The molecular formula is C17H20N2O2. The van der Waals surface area contributed by atoms with Gasteiger partial charge in [0, 0.05) is 5.56 Å². The van der Waals surface area contributed by atoms with Crippen molar-refractivity contribution in [2.75, 3.05) is 0 Å². The van der Waals surface area contributed by atoms with Gasteiger partial charge in [0.1, 0.15) is 5.60 Å². The molecule has 0 heterocycles. The first-order valence-corrected chi connectivity index (χ1v) is 6.70. The van der Waals surface area contributed by atoms with Crippen LogP contribution in [-0.2, 0) is 4.74 Å². The second-order valence-corrected chi connectivity index (χ2v) is 5.75. The fraction of sp³-hybridized carbons (Fsp3) is 0.412. The quantitative estimate of drug-likeness (QED) is 0.629. The van der Waals surface area contributed by atoms with Gasteiger partial charge < -0.3 is 10.1 Å². The lowest BCUT2D eigenvalue weighted by Gasteiger charge is -2.20. The monoisotopic (exact) mass is 284 g/mol. The summed E-state index contributed by atoms with van der Waals surface area (Å²) in [5, 5.41) is 2.66. The molecule has 110 valence electrons. The molecule has 4 heteroatoms. The molecule has 0 aliphatic rings. The topological polar surface area (TPSA) is 42.7 Å². The van der Waals surface area contributed by atoms with Crippen LogP contribution in [0.25, 0.3) is 4.85 Å². The highest BCUT2D eigenvalue weighted by Gasteiger charge is 2.16. The average Bonchev–Trinajstić information content (AvgIpc) is 2.34. The molecule has 1 amide bonds. The molecule has 0 aromatic heterocycles. The van der Waals surface area contributed by atoms with Crippen molar-refractivity contribution in [2.45, 2.75) is 46.3 Å². The van der Waals surface area contributed by atoms with Crippen molar-refractivity contribution in [3.05, 3.63) is 40.7 Å². The zero-order valence-corrected chi connectivity index (χ0v) is 13.1. The highest BCUT2D eigenvalue weighted by atomic mass is 16.6. The summed E-state index contributed by atoms with van der Waals surface area (Å²) < 4.78 is 5.16. The van der Waals surface area contributed by atoms with Gasteiger partial charge in [0.15, 0.2) is 5.69 Å². The van der Waals surface area contributed by atoms with E-state index in [2.05, 4.69) is 22.0 Å². The van der Waals surface area contributed by atoms with E-state index < -0.39 is 11.7 Å². The first-order chi connectivity index (χ1) is 9.71. The Bertz CT molecular complexity index is 625. The Kier molecular flexibility index (Phi) is 5.38. The molecule has 1 aromatic carbocycles. The minimum absolute atomic E-state index is 0.319. The van der Waals surface area contributed by atoms with Crippen LogP contribution in [0.3, 0.4) is 0 Å². The second-order valence-electron chi connectivity index (χ2n) is 5.75. The summed E-state index contributed by atoms with van der Waals surface area (Å²) in [4.78, 5) is 15.0. The lowest BCUT2D eigenvalue weighted by Crippen LogP contribution is -2.37. The van der Waals surface area contributed by atoms with Crippen LogP contribution >= 0.6 is 0 Å². The molecule has 1 N–H and O–H groups in total. The Morgan fingerprint density at radius 1 is 1.43 bits per heavy atom. The number of amides is 1. The molecule has 1 unspecified atom stereocenters. The normalized spacial score (nSPS) is 11.6. The van der Waals surface area contributed by atoms with E-state index in [1.807, 2.05) is 33.8 Å². The highest BCUT2D eigenvalue weighted by molar-refractivity contribution is 5.68. The zero-order valence-electron chi connectivity index (χ0n) is 13.1. The lowest BCUT2D eigenvalue weighted by molar-refractivity contribution is 0.0519. The molecule has 1 rings (SSSR count). The number of nitrogens with zero attached hydrogens (tertiary/aromatic N) is 1. The van der Waals surface area contributed by atoms with E-state index in [4.69, 9.17) is 11.3 Å². The Labute approximate surface area is 126 Å². The fourth-order valence-electron chi connectivity index (χ4n) is 1.57. The van der Waals surface area contributed by atoms with Gasteiger partial charge in [0.25, 0.3) is 0 Å². The predicted octanol–water partition coefficient (Wildman–Crippen LogP) is 3.81. The van der Waals surface area contributed by atoms with Crippen molar-refractivity contribution in [2.24, 2.45) is 0 Å². The lowest BCUT2D eigenvalue weighted by atomic mass is 10.1. The Hall–Kier alpha value is -2.46. The van der Waals surface area contributed by atoms with Crippen molar-refractivity contribution in [3.8, 4) is 11.8 Å². The van der Waals surface area contributed by atoms with Gasteiger partial charge >= 0.3 is 6.09 Å². The summed E-state index contributed by atoms with van der Waals surface area (Å²) in [6.45, 7) is 16.1. The van der Waals surface area contributed by atoms with Crippen LogP contribution in [-0.4, -0.2) is 17.7 Å². The zero-order chi connectivity index (χ0) is 16.0. The van der Waals surface area contributed by atoms with Gasteiger partial charge in [-0.2, -0.15) is 0 Å². The number of ether oxygens (including phenoxy) is 1. The van der Waals surface area contributed by atoms with Gasteiger partial charge in [0.05, 0.1) is 12.6 Å². The molecule has 0 aliphatic heterocycles. The minimum atomic E-state index is -0.524. The third kappa shape index (κ3) is 6.01. The predicted molar refractivity (Wildman–Crippen MR) is 83.2 cm³/mol. The number of nitrogens with one attached hydrogen (secondary N) is 1. The summed E-state index contributed by atoms with van der Waals surface area (Å²) in [6, 6.07) is 5.09. The number of benzene rings is 1. The van der Waals surface area contributed by atoms with Crippen molar-refractivity contribution in [3.63, 3.8) is 0 Å². The number of carbonyl (C=O) groups is 1. The average molecular weight is 284 g/mol. The van der Waals surface area contributed by atoms with E-state index in [1.54, 1.807) is 19.1 Å². The smallest absolute Gasteiger partial charge is 0.408 e. The van der Waals surface area contributed by atoms with Crippen molar-refractivity contribution < 1.29 is 9.53 Å². The molecule has 0 fully saturated rings. The van der Waals surface area contributed by atoms with Crippen LogP contribution in [0.4, 0.5) is 10.5 Å². The Balaban J connectivity index is 2.68. The van der Waals surface area contributed by atoms with Crippen LogP contribution in [0.15, 0.2) is 18.2 Å². The molecule has 1 atom stereocenters. The van der Waals surface area contributed by atoms with E-state index >= 15 is 0 Å². The Morgan fingerprint density at radius 2 is 2.10 bits per heavy atom. The van der Waals surface area contributed by atoms with Crippen LogP contribution in [0, 0.1) is 25.3 Å². The highest BCUT2D eigenvalue weighted by Crippen LogP contribution is 2.18. The number of rotatable bonds is 1. The summed E-state index contributed by atoms with van der Waals surface area (Å²) >= 11 is 0. The van der Waals surface area contributed by atoms with Gasteiger partial charge in [0.2, 0.25) is 0 Å². The van der Waals surface area contributed by atoms with E-state index in [0.29, 0.717) is 5.69 Å². The molecule has 0 aliphatic carbocycles. The number of aryl methyl sites for hydroxylation is 1. The number of hydrogen-bond donors (Lipinski definition) is 1. The number of carbonyl (C=O) groups excluding carboxylic acids is 1. The van der Waals surface area contributed by atoms with Crippen LogP contribution in [0.5, 0.6) is 0 Å². The van der Waals surface area contributed by atoms with Gasteiger partial charge in [-0.25, -0.2) is 9.64 Å². The summed E-state index contributed by atoms with van der Waals surface area (Å²) in [6.07, 6.45) is -0.483. The summed E-state index contributed by atoms with van der Waals surface area (Å²) in [5.41, 5.74) is 1.81. The molecule has 0 saturated heterocycles. The molecular weight excluding hydrogens is 264 g/mol. The van der Waals surface area contributed by atoms with E-state index in [1.165, 1.54) is 0 Å². The van der Waals surface area contributed by atoms with Crippen LogP contribution < -0.4 is 5.32 Å². The van der Waals surface area contributed by atoms with E-state index in [-0.39, 0.29) is 6.04 Å². The maximum atomic E-state index is 11.6. The summed E-state index contributed by atoms with van der Waals surface area (Å²) in [7, 11) is 0. The fourth-order valence-corrected chi connectivity index (χ4v) is 1.57. The number of hydrogen-bond acceptors (Lipinski definition) is 2. The second kappa shape index (κ2) is 6.81. The molecule has 21 heavy (non-hydrogen) atoms. The van der Waals surface area contributed by atoms with Gasteiger partial charge in [-0.1, -0.05) is 30.0 Å². The standard InChI is InChI=1S/C17H20N2O2/c1-12-11-14(9-10-15(12)18-6)8-7-13(2)19-16(20)21-17(3,4)5/h9-11,13H,1-5H3,(H,19,20). The first kappa shape index (κ1) is 16.6. The van der Waals surface area contributed by atoms with Gasteiger partial charge in [-0.15, -0.1) is 0 Å². The molecule has 1 aromatic rings. The largest absolute Gasteiger partial charge is 0.444 e. The third-order valence-corrected chi connectivity index (χ3v) is 2.48. The van der Waals surface area contributed by atoms with E-state index in [9.17, 15) is 4.79 Å². The van der Waals surface area contributed by atoms with Crippen LogP contribution in [0.1, 0.15) is 38.8 Å². The third-order valence-electron chi connectivity index (χ3n) is 2.48. The van der Waals surface area contributed by atoms with Gasteiger partial charge in [-0.3, -0.25) is 0 Å². The Morgan fingerprint density at radius 3 is 2.62 bits per heavy atom. The molecule has 0 bridgehead atoms.